The van der Waals surface area contributed by atoms with Crippen LogP contribution in [0.4, 0.5) is 8.78 Å². The van der Waals surface area contributed by atoms with E-state index in [-0.39, 0.29) is 39.0 Å². The van der Waals surface area contributed by atoms with E-state index in [2.05, 4.69) is 23.8 Å². The highest BCUT2D eigenvalue weighted by molar-refractivity contribution is 6.39. The van der Waals surface area contributed by atoms with Crippen LogP contribution < -0.4 is 5.73 Å². The second-order valence-corrected chi connectivity index (χ2v) is 12.0. The molecule has 1 heterocycles. The minimum atomic E-state index is -3.40. The van der Waals surface area contributed by atoms with Gasteiger partial charge in [0.05, 0.1) is 33.8 Å². The van der Waals surface area contributed by atoms with Crippen molar-refractivity contribution in [3.63, 3.8) is 0 Å². The number of halogens is 4. The van der Waals surface area contributed by atoms with Gasteiger partial charge in [-0.25, -0.2) is 0 Å². The van der Waals surface area contributed by atoms with E-state index in [1.54, 1.807) is 0 Å². The van der Waals surface area contributed by atoms with Gasteiger partial charge in [0.2, 0.25) is 0 Å². The highest BCUT2D eigenvalue weighted by atomic mass is 35.5. The molecule has 0 bridgehead atoms. The summed E-state index contributed by atoms with van der Waals surface area (Å²) >= 11 is 12.3. The minimum absolute atomic E-state index is 0.0323. The van der Waals surface area contributed by atoms with Crippen molar-refractivity contribution >= 4 is 40.6 Å². The van der Waals surface area contributed by atoms with Crippen molar-refractivity contribution in [1.82, 2.24) is 9.88 Å². The van der Waals surface area contributed by atoms with Crippen LogP contribution in [0.5, 0.6) is 0 Å². The zero-order valence-electron chi connectivity index (χ0n) is 21.2. The first-order valence-corrected chi connectivity index (χ1v) is 12.9. The van der Waals surface area contributed by atoms with Crippen LogP contribution in [0.1, 0.15) is 76.6 Å². The van der Waals surface area contributed by atoms with E-state index in [9.17, 15) is 18.4 Å². The van der Waals surface area contributed by atoms with Crippen LogP contribution in [0.25, 0.3) is 0 Å². The molecule has 1 aromatic heterocycles. The molecule has 198 valence electrons. The van der Waals surface area contributed by atoms with Crippen molar-refractivity contribution in [2.75, 3.05) is 13.1 Å². The number of hydrogen-bond donors (Lipinski definition) is 1. The molecule has 2 fully saturated rings. The Balaban J connectivity index is 1.92. The Hall–Kier alpha value is -2.06. The third-order valence-corrected chi connectivity index (χ3v) is 7.69. The first-order chi connectivity index (χ1) is 16.7. The number of nitrogens with two attached hydrogens (primary N) is 1. The second kappa shape index (κ2) is 10.7. The number of Topliss-reactive ketones (excluding diaryl/α,β-unsaturated/α-hetero) is 1. The van der Waals surface area contributed by atoms with Gasteiger partial charge in [-0.05, 0) is 49.4 Å². The summed E-state index contributed by atoms with van der Waals surface area (Å²) in [5, 5.41) is 0.101. The first-order valence-electron chi connectivity index (χ1n) is 12.2. The van der Waals surface area contributed by atoms with Gasteiger partial charge in [-0.1, -0.05) is 44.0 Å². The van der Waals surface area contributed by atoms with Crippen LogP contribution >= 0.6 is 23.2 Å². The zero-order valence-corrected chi connectivity index (χ0v) is 22.7. The summed E-state index contributed by atoms with van der Waals surface area (Å²) in [6.07, 6.45) is 8.17. The molecule has 0 spiro atoms. The molecule has 6 nitrogen and oxygen atoms in total. The molecular formula is C26H34Cl2F2N4O2. The summed E-state index contributed by atoms with van der Waals surface area (Å²) in [6.45, 7) is 6.79. The summed E-state index contributed by atoms with van der Waals surface area (Å²) in [4.78, 5) is 36.3. The first kappa shape index (κ1) is 28.5. The number of pyridine rings is 1. The average molecular weight is 543 g/mol. The molecule has 0 unspecified atom stereocenters. The van der Waals surface area contributed by atoms with Gasteiger partial charge in [0.1, 0.15) is 5.71 Å². The Bertz CT molecular complexity index is 1050. The molecule has 0 atom stereocenters. The third-order valence-electron chi connectivity index (χ3n) is 7.12. The lowest BCUT2D eigenvalue weighted by molar-refractivity contribution is -0.127. The number of hydrogen-bond acceptors (Lipinski definition) is 5. The molecule has 2 saturated carbocycles. The maximum atomic E-state index is 14.8. The van der Waals surface area contributed by atoms with E-state index < -0.39 is 35.4 Å². The summed E-state index contributed by atoms with van der Waals surface area (Å²) in [5.41, 5.74) is 4.70. The van der Waals surface area contributed by atoms with Gasteiger partial charge in [-0.3, -0.25) is 19.6 Å². The highest BCUT2D eigenvalue weighted by Crippen LogP contribution is 2.46. The molecule has 10 heteroatoms. The molecule has 2 aliphatic rings. The van der Waals surface area contributed by atoms with Gasteiger partial charge >= 0.3 is 0 Å². The van der Waals surface area contributed by atoms with E-state index in [0.29, 0.717) is 19.8 Å². The maximum Gasteiger partial charge on any atom is 0.287 e. The fraction of sp³-hybridized carbons (Fsp3) is 0.615. The van der Waals surface area contributed by atoms with Crippen LogP contribution in [0.15, 0.2) is 29.2 Å². The Morgan fingerprint density at radius 2 is 1.72 bits per heavy atom. The van der Waals surface area contributed by atoms with Gasteiger partial charge in [0, 0.05) is 32.1 Å². The fourth-order valence-corrected chi connectivity index (χ4v) is 5.07. The molecule has 36 heavy (non-hydrogen) atoms. The number of carbonyl (C=O) groups is 2. The molecule has 1 aromatic rings. The maximum absolute atomic E-state index is 14.8. The molecular weight excluding hydrogens is 509 g/mol. The van der Waals surface area contributed by atoms with Crippen molar-refractivity contribution in [1.29, 1.82) is 0 Å². The number of nitrogens with zero attached hydrogens (tertiary/aromatic N) is 3. The number of rotatable bonds is 9. The largest absolute Gasteiger partial charge is 0.404 e. The SMILES string of the molecule is CC1(C)CCC(N=C(C(=CN)C(=O)N(CC(=O)c2c(Cl)cncc2Cl)CC2(C)CC2)C(C)(F)F)CC1. The smallest absolute Gasteiger partial charge is 0.287 e. The minimum Gasteiger partial charge on any atom is -0.404 e. The Kier molecular flexibility index (Phi) is 8.50. The second-order valence-electron chi connectivity index (χ2n) is 11.2. The van der Waals surface area contributed by atoms with Crippen molar-refractivity contribution in [2.45, 2.75) is 78.2 Å². The number of amides is 1. The molecule has 2 aliphatic carbocycles. The number of aromatic nitrogens is 1. The fourth-order valence-electron chi connectivity index (χ4n) is 4.50. The lowest BCUT2D eigenvalue weighted by atomic mass is 9.76. The monoisotopic (exact) mass is 542 g/mol. The normalized spacial score (nSPS) is 20.2. The van der Waals surface area contributed by atoms with Crippen LogP contribution in [0, 0.1) is 10.8 Å². The van der Waals surface area contributed by atoms with E-state index in [1.165, 1.54) is 17.3 Å². The van der Waals surface area contributed by atoms with Gasteiger partial charge in [-0.15, -0.1) is 0 Å². The van der Waals surface area contributed by atoms with Crippen LogP contribution in [-0.2, 0) is 4.79 Å². The lowest BCUT2D eigenvalue weighted by Gasteiger charge is -2.33. The van der Waals surface area contributed by atoms with E-state index >= 15 is 0 Å². The Morgan fingerprint density at radius 1 is 1.17 bits per heavy atom. The van der Waals surface area contributed by atoms with Gasteiger partial charge in [0.15, 0.2) is 5.78 Å². The van der Waals surface area contributed by atoms with E-state index in [4.69, 9.17) is 28.9 Å². The number of aliphatic imine (C=N–C) groups is 1. The standard InChI is InChI=1S/C26H34Cl2F2N4O2/c1-24(2)7-5-16(6-8-24)33-22(26(4,29)30)17(11-31)23(36)34(15-25(3)9-10-25)14-20(35)21-18(27)12-32-13-19(21)28/h11-13,16H,5-10,14-15,31H2,1-4H3. The van der Waals surface area contributed by atoms with Crippen LogP contribution in [-0.4, -0.2) is 52.3 Å². The number of carbonyl (C=O) groups excluding carboxylic acids is 2. The number of ketones is 1. The van der Waals surface area contributed by atoms with Crippen molar-refractivity contribution < 1.29 is 18.4 Å². The molecule has 0 aliphatic heterocycles. The summed E-state index contributed by atoms with van der Waals surface area (Å²) < 4.78 is 29.7. The van der Waals surface area contributed by atoms with E-state index in [1.807, 2.05) is 6.92 Å². The summed E-state index contributed by atoms with van der Waals surface area (Å²) in [7, 11) is 0. The zero-order chi connectivity index (χ0) is 26.9. The van der Waals surface area contributed by atoms with Crippen molar-refractivity contribution in [3.8, 4) is 0 Å². The summed E-state index contributed by atoms with van der Waals surface area (Å²) in [6, 6.07) is -0.327. The quantitative estimate of drug-likeness (QED) is 0.231. The van der Waals surface area contributed by atoms with Gasteiger partial charge in [0.25, 0.3) is 11.8 Å². The molecule has 1 amide bonds. The Labute approximate surface area is 221 Å². The van der Waals surface area contributed by atoms with Crippen LogP contribution in [0.2, 0.25) is 10.0 Å². The molecule has 2 N–H and O–H groups in total. The van der Waals surface area contributed by atoms with E-state index in [0.717, 1.165) is 31.9 Å². The number of alkyl halides is 2. The summed E-state index contributed by atoms with van der Waals surface area (Å²) in [5.74, 6) is -4.68. The Morgan fingerprint density at radius 3 is 2.19 bits per heavy atom. The molecule has 0 radical (unpaired) electrons. The van der Waals surface area contributed by atoms with Gasteiger partial charge < -0.3 is 10.6 Å². The van der Waals surface area contributed by atoms with Crippen LogP contribution in [0.3, 0.4) is 0 Å². The highest BCUT2D eigenvalue weighted by Gasteiger charge is 2.43. The predicted molar refractivity (Wildman–Crippen MR) is 139 cm³/mol. The predicted octanol–water partition coefficient (Wildman–Crippen LogP) is 6.11. The molecule has 3 rings (SSSR count). The molecule has 0 saturated heterocycles. The van der Waals surface area contributed by atoms with Crippen molar-refractivity contribution in [3.05, 3.63) is 39.8 Å². The van der Waals surface area contributed by atoms with Crippen molar-refractivity contribution in [2.24, 2.45) is 21.6 Å². The third kappa shape index (κ3) is 7.03. The average Bonchev–Trinajstić information content (AvgIpc) is 3.50. The lowest BCUT2D eigenvalue weighted by Crippen LogP contribution is -2.44. The van der Waals surface area contributed by atoms with Gasteiger partial charge in [-0.2, -0.15) is 8.78 Å². The topological polar surface area (TPSA) is 88.6 Å². The molecule has 0 aromatic carbocycles.